The molecular weight excluding hydrogens is 514 g/mol. The van der Waals surface area contributed by atoms with Gasteiger partial charge in [0.25, 0.3) is 0 Å². The number of rotatable bonds is 4. The van der Waals surface area contributed by atoms with Crippen LogP contribution in [0.25, 0.3) is 5.32 Å². The Morgan fingerprint density at radius 2 is 0.771 bits per heavy atom. The lowest BCUT2D eigenvalue weighted by Gasteiger charge is -2.49. The van der Waals surface area contributed by atoms with Gasteiger partial charge in [0.1, 0.15) is 11.2 Å². The summed E-state index contributed by atoms with van der Waals surface area (Å²) in [6, 6.07) is 2.62. The second-order valence-corrected chi connectivity index (χ2v) is 7.51. The first-order valence-corrected chi connectivity index (χ1v) is 9.10. The van der Waals surface area contributed by atoms with Crippen LogP contribution in [0, 0.1) is 13.8 Å². The van der Waals surface area contributed by atoms with Crippen molar-refractivity contribution in [3.05, 3.63) is 64.0 Å². The van der Waals surface area contributed by atoms with E-state index in [1.807, 2.05) is 0 Å². The Hall–Kier alpha value is -2.68. The molecule has 0 saturated heterocycles. The maximum atomic E-state index is 13.3. The molecule has 0 spiro atoms. The highest BCUT2D eigenvalue weighted by molar-refractivity contribution is 5.74. The van der Waals surface area contributed by atoms with Crippen LogP contribution in [0.5, 0.6) is 0 Å². The Morgan fingerprint density at radius 1 is 0.514 bits per heavy atom. The molecule has 0 amide bonds. The normalized spacial score (nSPS) is 14.3. The number of aryl methyl sites for hydroxylation is 2. The van der Waals surface area contributed by atoms with Crippen LogP contribution in [0.1, 0.15) is 22.3 Å². The van der Waals surface area contributed by atoms with Crippen molar-refractivity contribution in [2.75, 3.05) is 0 Å². The molecule has 3 nitrogen and oxygen atoms in total. The Balaban J connectivity index is 2.88. The lowest BCUT2D eigenvalue weighted by Crippen LogP contribution is -2.63. The third kappa shape index (κ3) is 4.75. The van der Waals surface area contributed by atoms with E-state index in [4.69, 9.17) is 0 Å². The van der Waals surface area contributed by atoms with Gasteiger partial charge in [-0.2, -0.15) is 52.7 Å². The Kier molecular flexibility index (Phi) is 6.91. The van der Waals surface area contributed by atoms with E-state index in [0.29, 0.717) is 12.1 Å². The number of halogens is 12. The van der Waals surface area contributed by atoms with Gasteiger partial charge in [-0.3, -0.25) is 0 Å². The van der Waals surface area contributed by atoms with E-state index in [1.165, 1.54) is 0 Å². The van der Waals surface area contributed by atoms with Crippen molar-refractivity contribution in [2.24, 2.45) is 0 Å². The minimum absolute atomic E-state index is 0.110. The Bertz CT molecular complexity index is 970. The summed E-state index contributed by atoms with van der Waals surface area (Å²) >= 11 is 0. The zero-order valence-electron chi connectivity index (χ0n) is 17.3. The minimum Gasteiger partial charge on any atom is -0.833 e. The van der Waals surface area contributed by atoms with Gasteiger partial charge in [0.15, 0.2) is 0 Å². The summed E-state index contributed by atoms with van der Waals surface area (Å²) in [5.74, 6) is 0. The zero-order chi connectivity index (χ0) is 27.4. The van der Waals surface area contributed by atoms with Gasteiger partial charge in [-0.05, 0) is 13.8 Å². The molecule has 0 aliphatic carbocycles. The van der Waals surface area contributed by atoms with Gasteiger partial charge in [-0.1, -0.05) is 58.7 Å². The lowest BCUT2D eigenvalue weighted by molar-refractivity contribution is -0.604. The molecule has 0 fully saturated rings. The molecule has 35 heavy (non-hydrogen) atoms. The van der Waals surface area contributed by atoms with Gasteiger partial charge in [0.05, 0.1) is 0 Å². The number of alkyl halides is 12. The zero-order valence-corrected chi connectivity index (χ0v) is 17.3. The Labute approximate surface area is 189 Å². The van der Waals surface area contributed by atoms with Crippen LogP contribution in [0.15, 0.2) is 36.4 Å². The molecule has 0 aliphatic rings. The standard InChI is InChI=1S/C20H12F12NO2/c1-9-3-5-13(11(7-9)15(34,17(21,22)23)18(24,25)26)33-14-6-4-10(2)8-12(14)16(35,19(27,28)29)20(30,31)32/h3-8H,1-2H3/q-3. The van der Waals surface area contributed by atoms with Gasteiger partial charge in [0.2, 0.25) is 0 Å². The van der Waals surface area contributed by atoms with E-state index in [-0.39, 0.29) is 23.3 Å². The minimum atomic E-state index is -6.54. The molecule has 196 valence electrons. The first kappa shape index (κ1) is 28.6. The molecule has 0 N–H and O–H groups in total. The van der Waals surface area contributed by atoms with Crippen LogP contribution >= 0.6 is 0 Å². The first-order chi connectivity index (χ1) is 15.5. The van der Waals surface area contributed by atoms with Crippen LogP contribution < -0.4 is 10.2 Å². The first-order valence-electron chi connectivity index (χ1n) is 9.10. The number of benzene rings is 2. The molecule has 0 heterocycles. The smallest absolute Gasteiger partial charge is 0.392 e. The number of hydrogen-bond acceptors (Lipinski definition) is 2. The predicted molar refractivity (Wildman–Crippen MR) is 92.6 cm³/mol. The maximum absolute atomic E-state index is 13.3. The fraction of sp³-hybridized carbons (Fsp3) is 0.400. The fourth-order valence-electron chi connectivity index (χ4n) is 3.12. The van der Waals surface area contributed by atoms with Crippen molar-refractivity contribution < 1.29 is 62.9 Å². The summed E-state index contributed by atoms with van der Waals surface area (Å²) in [5.41, 5.74) is -19.7. The number of nitrogens with zero attached hydrogens (tertiary/aromatic N) is 1. The van der Waals surface area contributed by atoms with Gasteiger partial charge in [0, 0.05) is 0 Å². The average Bonchev–Trinajstić information content (AvgIpc) is 2.65. The van der Waals surface area contributed by atoms with Crippen molar-refractivity contribution in [2.45, 2.75) is 49.8 Å². The van der Waals surface area contributed by atoms with Crippen molar-refractivity contribution in [1.82, 2.24) is 0 Å². The third-order valence-corrected chi connectivity index (χ3v) is 4.90. The SMILES string of the molecule is Cc1ccc([N-]c2ccc(C)cc2C([O-])(C(F)(F)F)C(F)(F)F)c(C([O-])(C(F)(F)F)C(F)(F)F)c1. The molecule has 0 atom stereocenters. The monoisotopic (exact) mass is 526 g/mol. The molecule has 2 aromatic rings. The Morgan fingerprint density at radius 3 is 1.00 bits per heavy atom. The van der Waals surface area contributed by atoms with E-state index in [2.05, 4.69) is 5.32 Å². The second kappa shape index (κ2) is 8.47. The molecule has 0 unspecified atom stereocenters. The molecular formula is C20H12F12NO2-3. The highest BCUT2D eigenvalue weighted by Crippen LogP contribution is 2.55. The van der Waals surface area contributed by atoms with E-state index in [0.717, 1.165) is 26.0 Å². The molecule has 0 radical (unpaired) electrons. The summed E-state index contributed by atoms with van der Waals surface area (Å²) in [7, 11) is 0. The molecule has 2 aromatic carbocycles. The highest BCUT2D eigenvalue weighted by Gasteiger charge is 2.64. The van der Waals surface area contributed by atoms with Crippen molar-refractivity contribution in [3.8, 4) is 0 Å². The maximum Gasteiger partial charge on any atom is 0.392 e. The summed E-state index contributed by atoms with van der Waals surface area (Å²) in [4.78, 5) is 0. The van der Waals surface area contributed by atoms with E-state index in [1.54, 1.807) is 0 Å². The van der Waals surface area contributed by atoms with E-state index in [9.17, 15) is 62.9 Å². The van der Waals surface area contributed by atoms with Crippen LogP contribution in [-0.2, 0) is 11.2 Å². The van der Waals surface area contributed by atoms with Gasteiger partial charge in [-0.25, -0.2) is 0 Å². The largest absolute Gasteiger partial charge is 0.833 e. The van der Waals surface area contributed by atoms with Crippen molar-refractivity contribution in [1.29, 1.82) is 0 Å². The van der Waals surface area contributed by atoms with E-state index >= 15 is 0 Å². The number of hydrogen-bond donors (Lipinski definition) is 0. The summed E-state index contributed by atoms with van der Waals surface area (Å²) < 4.78 is 160. The summed E-state index contributed by atoms with van der Waals surface area (Å²) in [5, 5.41) is 27.6. The lowest BCUT2D eigenvalue weighted by atomic mass is 9.87. The van der Waals surface area contributed by atoms with Gasteiger partial charge >= 0.3 is 24.7 Å². The molecule has 15 heteroatoms. The predicted octanol–water partition coefficient (Wildman–Crippen LogP) is 6.00. The van der Waals surface area contributed by atoms with Crippen LogP contribution in [0.3, 0.4) is 0 Å². The van der Waals surface area contributed by atoms with E-state index < -0.39 is 58.4 Å². The topological polar surface area (TPSA) is 60.2 Å². The molecule has 0 aliphatic heterocycles. The van der Waals surface area contributed by atoms with Crippen molar-refractivity contribution >= 4 is 11.4 Å². The second-order valence-electron chi connectivity index (χ2n) is 7.51. The summed E-state index contributed by atoms with van der Waals surface area (Å²) in [6.45, 7) is 1.96. The summed E-state index contributed by atoms with van der Waals surface area (Å²) in [6.07, 6.45) is -26.2. The fourth-order valence-corrected chi connectivity index (χ4v) is 3.12. The molecule has 0 saturated carbocycles. The quantitative estimate of drug-likeness (QED) is 0.459. The molecule has 2 rings (SSSR count). The molecule has 0 aromatic heterocycles. The average molecular weight is 526 g/mol. The van der Waals surface area contributed by atoms with Gasteiger partial charge < -0.3 is 15.5 Å². The van der Waals surface area contributed by atoms with Gasteiger partial charge in [-0.15, -0.1) is 11.4 Å². The van der Waals surface area contributed by atoms with Crippen LogP contribution in [0.2, 0.25) is 0 Å². The molecule has 0 bridgehead atoms. The highest BCUT2D eigenvalue weighted by atomic mass is 19.4. The van der Waals surface area contributed by atoms with Crippen LogP contribution in [0.4, 0.5) is 64.1 Å². The third-order valence-electron chi connectivity index (χ3n) is 4.90. The van der Waals surface area contributed by atoms with Crippen LogP contribution in [-0.4, -0.2) is 24.7 Å². The van der Waals surface area contributed by atoms with Crippen molar-refractivity contribution in [3.63, 3.8) is 0 Å².